The SMILES string of the molecule is Cc1ccc(C)c([C@H](C)NC(=S)Nc2ccc(C(C)C)cc2)c1. The fourth-order valence-corrected chi connectivity index (χ4v) is 2.91. The van der Waals surface area contributed by atoms with E-state index in [0.29, 0.717) is 11.0 Å². The van der Waals surface area contributed by atoms with Crippen LogP contribution in [-0.4, -0.2) is 5.11 Å². The molecule has 2 rings (SSSR count). The summed E-state index contributed by atoms with van der Waals surface area (Å²) in [6.07, 6.45) is 0. The summed E-state index contributed by atoms with van der Waals surface area (Å²) < 4.78 is 0. The lowest BCUT2D eigenvalue weighted by molar-refractivity contribution is 0.716. The molecule has 2 nitrogen and oxygen atoms in total. The van der Waals surface area contributed by atoms with Crippen molar-refractivity contribution in [2.45, 2.75) is 46.6 Å². The molecule has 0 fully saturated rings. The van der Waals surface area contributed by atoms with Crippen molar-refractivity contribution in [1.29, 1.82) is 0 Å². The second kappa shape index (κ2) is 7.60. The molecule has 0 aliphatic rings. The Hall–Kier alpha value is -1.87. The summed E-state index contributed by atoms with van der Waals surface area (Å²) in [5, 5.41) is 7.28. The highest BCUT2D eigenvalue weighted by Gasteiger charge is 2.10. The fourth-order valence-electron chi connectivity index (χ4n) is 2.62. The summed E-state index contributed by atoms with van der Waals surface area (Å²) in [4.78, 5) is 0. The molecule has 0 aliphatic carbocycles. The number of benzene rings is 2. The molecule has 0 unspecified atom stereocenters. The van der Waals surface area contributed by atoms with Crippen LogP contribution in [0.4, 0.5) is 5.69 Å². The average Bonchev–Trinajstić information content (AvgIpc) is 2.50. The van der Waals surface area contributed by atoms with Gasteiger partial charge in [-0.1, -0.05) is 49.7 Å². The number of thiocarbonyl (C=S) groups is 1. The van der Waals surface area contributed by atoms with E-state index < -0.39 is 0 Å². The summed E-state index contributed by atoms with van der Waals surface area (Å²) in [6.45, 7) is 10.8. The van der Waals surface area contributed by atoms with E-state index >= 15 is 0 Å². The van der Waals surface area contributed by atoms with Crippen molar-refractivity contribution < 1.29 is 0 Å². The van der Waals surface area contributed by atoms with E-state index in [2.05, 4.69) is 87.7 Å². The molecule has 0 amide bonds. The fraction of sp³-hybridized carbons (Fsp3) is 0.350. The van der Waals surface area contributed by atoms with Crippen LogP contribution in [0.3, 0.4) is 0 Å². The second-order valence-corrected chi connectivity index (χ2v) is 6.87. The summed E-state index contributed by atoms with van der Waals surface area (Å²) in [5.74, 6) is 0.540. The molecule has 0 saturated carbocycles. The van der Waals surface area contributed by atoms with Gasteiger partial charge in [0.15, 0.2) is 5.11 Å². The van der Waals surface area contributed by atoms with Gasteiger partial charge in [-0.3, -0.25) is 0 Å². The molecule has 0 saturated heterocycles. The highest BCUT2D eigenvalue weighted by atomic mass is 32.1. The maximum Gasteiger partial charge on any atom is 0.171 e. The van der Waals surface area contributed by atoms with Crippen molar-refractivity contribution in [3.05, 3.63) is 64.7 Å². The smallest absolute Gasteiger partial charge is 0.171 e. The maximum absolute atomic E-state index is 5.45. The minimum absolute atomic E-state index is 0.171. The zero-order chi connectivity index (χ0) is 17.0. The zero-order valence-corrected chi connectivity index (χ0v) is 15.4. The quantitative estimate of drug-likeness (QED) is 0.728. The summed E-state index contributed by atoms with van der Waals surface area (Å²) in [7, 11) is 0. The molecule has 0 heterocycles. The highest BCUT2D eigenvalue weighted by Crippen LogP contribution is 2.20. The van der Waals surface area contributed by atoms with E-state index in [9.17, 15) is 0 Å². The number of aryl methyl sites for hydroxylation is 2. The van der Waals surface area contributed by atoms with Gasteiger partial charge in [0.2, 0.25) is 0 Å². The largest absolute Gasteiger partial charge is 0.356 e. The van der Waals surface area contributed by atoms with Gasteiger partial charge in [-0.05, 0) is 67.7 Å². The van der Waals surface area contributed by atoms with Crippen LogP contribution in [-0.2, 0) is 0 Å². The molecule has 3 heteroatoms. The lowest BCUT2D eigenvalue weighted by Gasteiger charge is -2.20. The number of rotatable bonds is 4. The molecule has 2 aromatic rings. The van der Waals surface area contributed by atoms with Crippen molar-refractivity contribution in [2.24, 2.45) is 0 Å². The van der Waals surface area contributed by atoms with Gasteiger partial charge >= 0.3 is 0 Å². The zero-order valence-electron chi connectivity index (χ0n) is 14.6. The third-order valence-electron chi connectivity index (χ3n) is 4.08. The van der Waals surface area contributed by atoms with Crippen LogP contribution < -0.4 is 10.6 Å². The lowest BCUT2D eigenvalue weighted by atomic mass is 10.0. The first-order valence-corrected chi connectivity index (χ1v) is 8.52. The van der Waals surface area contributed by atoms with E-state index in [0.717, 1.165) is 5.69 Å². The van der Waals surface area contributed by atoms with Crippen LogP contribution in [0.15, 0.2) is 42.5 Å². The van der Waals surface area contributed by atoms with Gasteiger partial charge in [0.1, 0.15) is 0 Å². The Bertz CT molecular complexity index is 675. The van der Waals surface area contributed by atoms with Crippen LogP contribution in [0.25, 0.3) is 0 Å². The third kappa shape index (κ3) is 4.80. The molecule has 0 bridgehead atoms. The molecule has 23 heavy (non-hydrogen) atoms. The van der Waals surface area contributed by atoms with Crippen LogP contribution in [0.2, 0.25) is 0 Å². The van der Waals surface area contributed by atoms with E-state index in [1.165, 1.54) is 22.3 Å². The first kappa shape index (κ1) is 17.5. The minimum atomic E-state index is 0.171. The molecular formula is C20H26N2S. The number of anilines is 1. The molecule has 0 aliphatic heterocycles. The Labute approximate surface area is 145 Å². The number of hydrogen-bond donors (Lipinski definition) is 2. The Morgan fingerprint density at radius 3 is 2.22 bits per heavy atom. The van der Waals surface area contributed by atoms with Crippen molar-refractivity contribution >= 4 is 23.0 Å². The van der Waals surface area contributed by atoms with Gasteiger partial charge in [-0.25, -0.2) is 0 Å². The third-order valence-corrected chi connectivity index (χ3v) is 4.30. The van der Waals surface area contributed by atoms with Crippen LogP contribution in [0.1, 0.15) is 55.0 Å². The molecule has 122 valence electrons. The highest BCUT2D eigenvalue weighted by molar-refractivity contribution is 7.80. The Kier molecular flexibility index (Phi) is 5.78. The molecule has 0 radical (unpaired) electrons. The minimum Gasteiger partial charge on any atom is -0.356 e. The maximum atomic E-state index is 5.45. The van der Waals surface area contributed by atoms with Crippen LogP contribution in [0.5, 0.6) is 0 Å². The van der Waals surface area contributed by atoms with E-state index in [1.807, 2.05) is 0 Å². The summed E-state index contributed by atoms with van der Waals surface area (Å²) in [6, 6.07) is 15.1. The van der Waals surface area contributed by atoms with E-state index in [4.69, 9.17) is 12.2 Å². The van der Waals surface area contributed by atoms with Crippen molar-refractivity contribution in [1.82, 2.24) is 5.32 Å². The average molecular weight is 327 g/mol. The van der Waals surface area contributed by atoms with Gasteiger partial charge in [0.25, 0.3) is 0 Å². The van der Waals surface area contributed by atoms with Gasteiger partial charge in [0.05, 0.1) is 6.04 Å². The first-order chi connectivity index (χ1) is 10.9. The Morgan fingerprint density at radius 2 is 1.61 bits per heavy atom. The summed E-state index contributed by atoms with van der Waals surface area (Å²) >= 11 is 5.45. The van der Waals surface area contributed by atoms with Crippen LogP contribution in [0, 0.1) is 13.8 Å². The topological polar surface area (TPSA) is 24.1 Å². The van der Waals surface area contributed by atoms with Crippen molar-refractivity contribution in [3.63, 3.8) is 0 Å². The lowest BCUT2D eigenvalue weighted by Crippen LogP contribution is -2.31. The van der Waals surface area contributed by atoms with Gasteiger partial charge < -0.3 is 10.6 Å². The van der Waals surface area contributed by atoms with E-state index in [1.54, 1.807) is 0 Å². The summed E-state index contributed by atoms with van der Waals surface area (Å²) in [5.41, 5.74) is 6.17. The molecule has 0 spiro atoms. The monoisotopic (exact) mass is 326 g/mol. The molecular weight excluding hydrogens is 300 g/mol. The normalized spacial score (nSPS) is 12.1. The Morgan fingerprint density at radius 1 is 0.957 bits per heavy atom. The molecule has 2 aromatic carbocycles. The number of nitrogens with one attached hydrogen (secondary N) is 2. The first-order valence-electron chi connectivity index (χ1n) is 8.11. The predicted octanol–water partition coefficient (Wildman–Crippen LogP) is 5.47. The van der Waals surface area contributed by atoms with Gasteiger partial charge in [-0.15, -0.1) is 0 Å². The van der Waals surface area contributed by atoms with Crippen molar-refractivity contribution in [3.8, 4) is 0 Å². The van der Waals surface area contributed by atoms with Gasteiger partial charge in [0, 0.05) is 5.69 Å². The molecule has 1 atom stereocenters. The molecule has 2 N–H and O–H groups in total. The molecule has 0 aromatic heterocycles. The van der Waals surface area contributed by atoms with Gasteiger partial charge in [-0.2, -0.15) is 0 Å². The van der Waals surface area contributed by atoms with E-state index in [-0.39, 0.29) is 6.04 Å². The van der Waals surface area contributed by atoms with Crippen molar-refractivity contribution in [2.75, 3.05) is 5.32 Å². The van der Waals surface area contributed by atoms with Crippen LogP contribution >= 0.6 is 12.2 Å². The standard InChI is InChI=1S/C20H26N2S/c1-13(2)17-8-10-18(11-9-17)22-20(23)21-16(5)19-12-14(3)6-7-15(19)4/h6-13,16H,1-5H3,(H2,21,22,23)/t16-/m0/s1. The predicted molar refractivity (Wildman–Crippen MR) is 104 cm³/mol. The number of hydrogen-bond acceptors (Lipinski definition) is 1. The Balaban J connectivity index is 2.00. The second-order valence-electron chi connectivity index (χ2n) is 6.46.